The van der Waals surface area contributed by atoms with Crippen molar-refractivity contribution in [2.45, 2.75) is 12.1 Å². The molecule has 0 bridgehead atoms. The number of hydrogen-bond donors (Lipinski definition) is 1. The zero-order valence-corrected chi connectivity index (χ0v) is 7.23. The SMILES string of the molecule is COC1CNCC1n1cccc1. The van der Waals surface area contributed by atoms with Crippen LogP contribution in [0.2, 0.25) is 0 Å². The van der Waals surface area contributed by atoms with Crippen molar-refractivity contribution in [1.29, 1.82) is 0 Å². The van der Waals surface area contributed by atoms with Crippen molar-refractivity contribution < 1.29 is 4.74 Å². The molecule has 1 saturated heterocycles. The number of aromatic nitrogens is 1. The second-order valence-corrected chi connectivity index (χ2v) is 3.13. The summed E-state index contributed by atoms with van der Waals surface area (Å²) in [6.07, 6.45) is 4.49. The van der Waals surface area contributed by atoms with E-state index in [0.29, 0.717) is 12.1 Å². The molecule has 1 fully saturated rings. The van der Waals surface area contributed by atoms with E-state index in [-0.39, 0.29) is 0 Å². The summed E-state index contributed by atoms with van der Waals surface area (Å²) >= 11 is 0. The quantitative estimate of drug-likeness (QED) is 0.698. The summed E-state index contributed by atoms with van der Waals surface area (Å²) in [7, 11) is 1.77. The van der Waals surface area contributed by atoms with Gasteiger partial charge in [-0.05, 0) is 12.1 Å². The monoisotopic (exact) mass is 166 g/mol. The van der Waals surface area contributed by atoms with Gasteiger partial charge in [-0.15, -0.1) is 0 Å². The summed E-state index contributed by atoms with van der Waals surface area (Å²) in [5, 5.41) is 3.32. The van der Waals surface area contributed by atoms with Gasteiger partial charge in [0.05, 0.1) is 12.1 Å². The lowest BCUT2D eigenvalue weighted by Gasteiger charge is -2.18. The number of rotatable bonds is 2. The van der Waals surface area contributed by atoms with Gasteiger partial charge in [0.15, 0.2) is 0 Å². The fourth-order valence-corrected chi connectivity index (χ4v) is 1.75. The minimum Gasteiger partial charge on any atom is -0.378 e. The van der Waals surface area contributed by atoms with Crippen LogP contribution >= 0.6 is 0 Å². The molecule has 2 atom stereocenters. The van der Waals surface area contributed by atoms with Crippen LogP contribution in [0.5, 0.6) is 0 Å². The molecule has 66 valence electrons. The van der Waals surface area contributed by atoms with Gasteiger partial charge in [-0.1, -0.05) is 0 Å². The van der Waals surface area contributed by atoms with Crippen LogP contribution in [0.4, 0.5) is 0 Å². The lowest BCUT2D eigenvalue weighted by Crippen LogP contribution is -2.23. The zero-order chi connectivity index (χ0) is 8.39. The Morgan fingerprint density at radius 2 is 2.08 bits per heavy atom. The van der Waals surface area contributed by atoms with Crippen molar-refractivity contribution in [1.82, 2.24) is 9.88 Å². The third-order valence-electron chi connectivity index (χ3n) is 2.44. The van der Waals surface area contributed by atoms with Crippen LogP contribution in [0, 0.1) is 0 Å². The molecule has 1 N–H and O–H groups in total. The van der Waals surface area contributed by atoms with Gasteiger partial charge in [-0.25, -0.2) is 0 Å². The molecule has 2 unspecified atom stereocenters. The van der Waals surface area contributed by atoms with E-state index in [2.05, 4.69) is 22.3 Å². The maximum atomic E-state index is 5.36. The molecule has 1 aliphatic rings. The number of nitrogens with zero attached hydrogens (tertiary/aromatic N) is 1. The average Bonchev–Trinajstić information content (AvgIpc) is 2.74. The number of nitrogens with one attached hydrogen (secondary N) is 1. The van der Waals surface area contributed by atoms with E-state index in [1.807, 2.05) is 12.1 Å². The lowest BCUT2D eigenvalue weighted by molar-refractivity contribution is 0.0867. The van der Waals surface area contributed by atoms with Gasteiger partial charge in [-0.2, -0.15) is 0 Å². The van der Waals surface area contributed by atoms with Crippen molar-refractivity contribution in [2.75, 3.05) is 20.2 Å². The summed E-state index contributed by atoms with van der Waals surface area (Å²) in [5.41, 5.74) is 0. The van der Waals surface area contributed by atoms with E-state index in [0.717, 1.165) is 13.1 Å². The maximum Gasteiger partial charge on any atom is 0.0914 e. The van der Waals surface area contributed by atoms with Gasteiger partial charge in [-0.3, -0.25) is 0 Å². The van der Waals surface area contributed by atoms with Gasteiger partial charge < -0.3 is 14.6 Å². The molecule has 0 saturated carbocycles. The topological polar surface area (TPSA) is 26.2 Å². The van der Waals surface area contributed by atoms with Crippen LogP contribution in [0.15, 0.2) is 24.5 Å². The predicted molar refractivity (Wildman–Crippen MR) is 47.1 cm³/mol. The van der Waals surface area contributed by atoms with E-state index >= 15 is 0 Å². The first-order valence-electron chi connectivity index (χ1n) is 4.28. The highest BCUT2D eigenvalue weighted by Crippen LogP contribution is 2.17. The fraction of sp³-hybridized carbons (Fsp3) is 0.556. The predicted octanol–water partition coefficient (Wildman–Crippen LogP) is 0.647. The minimum atomic E-state index is 0.317. The van der Waals surface area contributed by atoms with Gasteiger partial charge in [0.2, 0.25) is 0 Å². The molecule has 0 radical (unpaired) electrons. The third-order valence-corrected chi connectivity index (χ3v) is 2.44. The first-order chi connectivity index (χ1) is 5.92. The highest BCUT2D eigenvalue weighted by Gasteiger charge is 2.27. The lowest BCUT2D eigenvalue weighted by atomic mass is 10.2. The van der Waals surface area contributed by atoms with E-state index in [1.54, 1.807) is 7.11 Å². The Kier molecular flexibility index (Phi) is 2.15. The highest BCUT2D eigenvalue weighted by atomic mass is 16.5. The molecule has 2 rings (SSSR count). The molecule has 1 aromatic heterocycles. The molecule has 1 aromatic rings. The first kappa shape index (κ1) is 7.83. The molecule has 1 aliphatic heterocycles. The Hall–Kier alpha value is -0.800. The molecule has 0 aliphatic carbocycles. The van der Waals surface area contributed by atoms with Crippen LogP contribution in [0.25, 0.3) is 0 Å². The molecule has 12 heavy (non-hydrogen) atoms. The molecule has 0 aromatic carbocycles. The Bertz CT molecular complexity index is 233. The van der Waals surface area contributed by atoms with Gasteiger partial charge in [0.25, 0.3) is 0 Å². The summed E-state index contributed by atoms with van der Waals surface area (Å²) in [5.74, 6) is 0. The smallest absolute Gasteiger partial charge is 0.0914 e. The van der Waals surface area contributed by atoms with E-state index < -0.39 is 0 Å². The Morgan fingerprint density at radius 3 is 2.75 bits per heavy atom. The molecule has 3 heteroatoms. The van der Waals surface area contributed by atoms with E-state index in [4.69, 9.17) is 4.74 Å². The van der Waals surface area contributed by atoms with Crippen LogP contribution in [-0.4, -0.2) is 30.9 Å². The van der Waals surface area contributed by atoms with E-state index in [1.165, 1.54) is 0 Å². The van der Waals surface area contributed by atoms with Crippen LogP contribution in [-0.2, 0) is 4.74 Å². The minimum absolute atomic E-state index is 0.317. The number of methoxy groups -OCH3 is 1. The molecule has 2 heterocycles. The third kappa shape index (κ3) is 1.26. The molecule has 3 nitrogen and oxygen atoms in total. The van der Waals surface area contributed by atoms with Crippen molar-refractivity contribution in [3.63, 3.8) is 0 Å². The van der Waals surface area contributed by atoms with Crippen molar-refractivity contribution in [3.05, 3.63) is 24.5 Å². The Balaban J connectivity index is 2.13. The van der Waals surface area contributed by atoms with E-state index in [9.17, 15) is 0 Å². The van der Waals surface area contributed by atoms with Gasteiger partial charge in [0.1, 0.15) is 0 Å². The largest absolute Gasteiger partial charge is 0.378 e. The molecule has 0 spiro atoms. The van der Waals surface area contributed by atoms with Crippen LogP contribution in [0.3, 0.4) is 0 Å². The second-order valence-electron chi connectivity index (χ2n) is 3.13. The van der Waals surface area contributed by atoms with Crippen molar-refractivity contribution in [3.8, 4) is 0 Å². The number of ether oxygens (including phenoxy) is 1. The maximum absolute atomic E-state index is 5.36. The summed E-state index contributed by atoms with van der Waals surface area (Å²) in [4.78, 5) is 0. The van der Waals surface area contributed by atoms with Gasteiger partial charge in [0, 0.05) is 32.6 Å². The summed E-state index contributed by atoms with van der Waals surface area (Å²) < 4.78 is 7.57. The van der Waals surface area contributed by atoms with Crippen molar-refractivity contribution >= 4 is 0 Å². The normalized spacial score (nSPS) is 29.4. The highest BCUT2D eigenvalue weighted by molar-refractivity contribution is 4.97. The summed E-state index contributed by atoms with van der Waals surface area (Å²) in [6.45, 7) is 1.96. The molecular formula is C9H14N2O. The van der Waals surface area contributed by atoms with Crippen LogP contribution < -0.4 is 5.32 Å². The van der Waals surface area contributed by atoms with Crippen LogP contribution in [0.1, 0.15) is 6.04 Å². The Morgan fingerprint density at radius 1 is 1.33 bits per heavy atom. The Labute approximate surface area is 72.3 Å². The second kappa shape index (κ2) is 3.29. The average molecular weight is 166 g/mol. The first-order valence-corrected chi connectivity index (χ1v) is 4.28. The standard InChI is InChI=1S/C9H14N2O/c1-12-9-7-10-6-8(9)11-4-2-3-5-11/h2-5,8-10H,6-7H2,1H3. The fourth-order valence-electron chi connectivity index (χ4n) is 1.75. The van der Waals surface area contributed by atoms with Crippen molar-refractivity contribution in [2.24, 2.45) is 0 Å². The molecule has 0 amide bonds. The molecular weight excluding hydrogens is 152 g/mol. The zero-order valence-electron chi connectivity index (χ0n) is 7.23. The summed E-state index contributed by atoms with van der Waals surface area (Å²) in [6, 6.07) is 4.56. The number of hydrogen-bond acceptors (Lipinski definition) is 2. The van der Waals surface area contributed by atoms with Gasteiger partial charge >= 0.3 is 0 Å².